The van der Waals surface area contributed by atoms with Gasteiger partial charge in [-0.05, 0) is 22.6 Å². The van der Waals surface area contributed by atoms with E-state index >= 15 is 0 Å². The van der Waals surface area contributed by atoms with E-state index in [2.05, 4.69) is 4.98 Å². The zero-order valence-electron chi connectivity index (χ0n) is 8.67. The van der Waals surface area contributed by atoms with E-state index in [4.69, 9.17) is 9.84 Å². The summed E-state index contributed by atoms with van der Waals surface area (Å²) in [6.45, 7) is -0.219. The maximum atomic E-state index is 11.6. The number of nitrogens with one attached hydrogen (secondary N) is 1. The monoisotopic (exact) mass is 354 g/mol. The van der Waals surface area contributed by atoms with Crippen molar-refractivity contribution in [3.63, 3.8) is 0 Å². The van der Waals surface area contributed by atoms with Crippen molar-refractivity contribution in [3.8, 4) is 0 Å². The lowest BCUT2D eigenvalue weighted by Crippen LogP contribution is -2.36. The Morgan fingerprint density at radius 1 is 1.59 bits per heavy atom. The van der Waals surface area contributed by atoms with Crippen LogP contribution in [0.1, 0.15) is 12.6 Å². The SMILES string of the molecule is O=c1[nH]c(=O)n([C@@H]2O[C@H](CO)CC2O)cc1I. The van der Waals surface area contributed by atoms with Crippen LogP contribution in [0.3, 0.4) is 0 Å². The highest BCUT2D eigenvalue weighted by molar-refractivity contribution is 14.1. The molecular weight excluding hydrogens is 343 g/mol. The number of halogens is 1. The molecule has 8 heteroatoms. The number of aromatic amines is 1. The minimum Gasteiger partial charge on any atom is -0.394 e. The Morgan fingerprint density at radius 3 is 2.88 bits per heavy atom. The average Bonchev–Trinajstić information content (AvgIpc) is 2.65. The molecule has 0 radical (unpaired) electrons. The van der Waals surface area contributed by atoms with Crippen molar-refractivity contribution in [2.24, 2.45) is 0 Å². The van der Waals surface area contributed by atoms with Crippen molar-refractivity contribution in [3.05, 3.63) is 30.6 Å². The van der Waals surface area contributed by atoms with E-state index in [0.717, 1.165) is 4.57 Å². The molecule has 0 bridgehead atoms. The molecule has 1 aromatic rings. The minimum absolute atomic E-state index is 0.219. The van der Waals surface area contributed by atoms with E-state index in [0.29, 0.717) is 3.57 Å². The largest absolute Gasteiger partial charge is 0.394 e. The molecule has 0 saturated carbocycles. The number of hydrogen-bond acceptors (Lipinski definition) is 5. The highest BCUT2D eigenvalue weighted by Crippen LogP contribution is 2.27. The second kappa shape index (κ2) is 4.88. The molecule has 0 aromatic carbocycles. The third-order valence-corrected chi connectivity index (χ3v) is 3.34. The molecule has 2 heterocycles. The summed E-state index contributed by atoms with van der Waals surface area (Å²) in [6.07, 6.45) is -0.665. The van der Waals surface area contributed by atoms with Gasteiger partial charge in [-0.25, -0.2) is 4.79 Å². The maximum absolute atomic E-state index is 11.6. The van der Waals surface area contributed by atoms with Crippen LogP contribution in [0.2, 0.25) is 0 Å². The summed E-state index contributed by atoms with van der Waals surface area (Å²) < 4.78 is 6.78. The summed E-state index contributed by atoms with van der Waals surface area (Å²) in [7, 11) is 0. The van der Waals surface area contributed by atoms with E-state index < -0.39 is 29.7 Å². The molecule has 1 fully saturated rings. The fraction of sp³-hybridized carbons (Fsp3) is 0.556. The molecule has 0 spiro atoms. The van der Waals surface area contributed by atoms with Gasteiger partial charge in [-0.15, -0.1) is 0 Å². The summed E-state index contributed by atoms with van der Waals surface area (Å²) in [6, 6.07) is 0. The molecule has 1 aromatic heterocycles. The molecule has 0 amide bonds. The van der Waals surface area contributed by atoms with E-state index in [1.807, 2.05) is 0 Å². The lowest BCUT2D eigenvalue weighted by Gasteiger charge is -2.17. The Balaban J connectivity index is 2.38. The molecule has 3 N–H and O–H groups in total. The second-order valence-corrected chi connectivity index (χ2v) is 4.94. The van der Waals surface area contributed by atoms with Gasteiger partial charge in [0.15, 0.2) is 6.23 Å². The molecule has 1 aliphatic rings. The van der Waals surface area contributed by atoms with Crippen molar-refractivity contribution in [1.29, 1.82) is 0 Å². The number of ether oxygens (including phenoxy) is 1. The molecule has 2 rings (SSSR count). The third kappa shape index (κ3) is 2.44. The van der Waals surface area contributed by atoms with Crippen molar-refractivity contribution in [2.75, 3.05) is 6.61 Å². The molecule has 7 nitrogen and oxygen atoms in total. The van der Waals surface area contributed by atoms with Crippen LogP contribution in [0.4, 0.5) is 0 Å². The Morgan fingerprint density at radius 2 is 2.29 bits per heavy atom. The van der Waals surface area contributed by atoms with Crippen LogP contribution in [0.15, 0.2) is 15.8 Å². The molecule has 1 saturated heterocycles. The first-order valence-corrected chi connectivity index (χ1v) is 6.06. The van der Waals surface area contributed by atoms with Gasteiger partial charge in [0.25, 0.3) is 5.56 Å². The Kier molecular flexibility index (Phi) is 3.66. The highest BCUT2D eigenvalue weighted by Gasteiger charge is 2.35. The summed E-state index contributed by atoms with van der Waals surface area (Å²) in [4.78, 5) is 24.9. The lowest BCUT2D eigenvalue weighted by molar-refractivity contribution is -0.0531. The lowest BCUT2D eigenvalue weighted by atomic mass is 10.2. The van der Waals surface area contributed by atoms with Crippen LogP contribution in [-0.4, -0.2) is 38.6 Å². The number of nitrogens with zero attached hydrogens (tertiary/aromatic N) is 1. The van der Waals surface area contributed by atoms with Gasteiger partial charge in [0, 0.05) is 12.6 Å². The van der Waals surface area contributed by atoms with Crippen LogP contribution in [0, 0.1) is 3.57 Å². The molecule has 1 aliphatic heterocycles. The zero-order valence-corrected chi connectivity index (χ0v) is 10.8. The first-order valence-electron chi connectivity index (χ1n) is 4.98. The predicted molar refractivity (Wildman–Crippen MR) is 65.7 cm³/mol. The second-order valence-electron chi connectivity index (χ2n) is 3.78. The van der Waals surface area contributed by atoms with Crippen LogP contribution in [0.5, 0.6) is 0 Å². The molecule has 0 aliphatic carbocycles. The first-order chi connectivity index (χ1) is 8.02. The number of hydrogen-bond donors (Lipinski definition) is 3. The third-order valence-electron chi connectivity index (χ3n) is 2.57. The fourth-order valence-corrected chi connectivity index (χ4v) is 2.18. The summed E-state index contributed by atoms with van der Waals surface area (Å²) in [5.41, 5.74) is -1.11. The van der Waals surface area contributed by atoms with Gasteiger partial charge in [0.05, 0.1) is 16.3 Å². The van der Waals surface area contributed by atoms with Crippen LogP contribution >= 0.6 is 22.6 Å². The molecule has 3 atom stereocenters. The van der Waals surface area contributed by atoms with Gasteiger partial charge in [-0.2, -0.15) is 0 Å². The summed E-state index contributed by atoms with van der Waals surface area (Å²) in [5.74, 6) is 0. The molecule has 1 unspecified atom stereocenters. The summed E-state index contributed by atoms with van der Waals surface area (Å²) in [5, 5.41) is 18.7. The maximum Gasteiger partial charge on any atom is 0.330 e. The van der Waals surface area contributed by atoms with Crippen molar-refractivity contribution >= 4 is 22.6 Å². The van der Waals surface area contributed by atoms with Crippen LogP contribution in [0.25, 0.3) is 0 Å². The van der Waals surface area contributed by atoms with E-state index in [9.17, 15) is 14.7 Å². The van der Waals surface area contributed by atoms with E-state index in [-0.39, 0.29) is 13.0 Å². The first kappa shape index (κ1) is 12.7. The van der Waals surface area contributed by atoms with E-state index in [1.165, 1.54) is 6.20 Å². The van der Waals surface area contributed by atoms with Crippen molar-refractivity contribution in [1.82, 2.24) is 9.55 Å². The Hall–Kier alpha value is -0.710. The number of aromatic nitrogens is 2. The van der Waals surface area contributed by atoms with Gasteiger partial charge >= 0.3 is 5.69 Å². The smallest absolute Gasteiger partial charge is 0.330 e. The zero-order chi connectivity index (χ0) is 12.6. The van der Waals surface area contributed by atoms with Crippen LogP contribution in [-0.2, 0) is 4.74 Å². The topological polar surface area (TPSA) is 105 Å². The van der Waals surface area contributed by atoms with Gasteiger partial charge in [-0.3, -0.25) is 14.3 Å². The fourth-order valence-electron chi connectivity index (χ4n) is 1.75. The molecule has 17 heavy (non-hydrogen) atoms. The number of aliphatic hydroxyl groups excluding tert-OH is 2. The van der Waals surface area contributed by atoms with Crippen molar-refractivity contribution < 1.29 is 14.9 Å². The quantitative estimate of drug-likeness (QED) is 0.578. The minimum atomic E-state index is -0.883. The molecule has 94 valence electrons. The van der Waals surface area contributed by atoms with Gasteiger partial charge in [-0.1, -0.05) is 0 Å². The molecular formula is C9H11IN2O5. The van der Waals surface area contributed by atoms with Gasteiger partial charge < -0.3 is 14.9 Å². The van der Waals surface area contributed by atoms with Gasteiger partial charge in [0.2, 0.25) is 0 Å². The van der Waals surface area contributed by atoms with Crippen molar-refractivity contribution in [2.45, 2.75) is 24.9 Å². The number of rotatable bonds is 2. The average molecular weight is 354 g/mol. The Labute approximate surface area is 109 Å². The van der Waals surface area contributed by atoms with Crippen LogP contribution < -0.4 is 11.2 Å². The summed E-state index contributed by atoms with van der Waals surface area (Å²) >= 11 is 1.78. The van der Waals surface area contributed by atoms with Gasteiger partial charge in [0.1, 0.15) is 6.10 Å². The standard InChI is InChI=1S/C9H11IN2O5/c10-5-2-12(9(16)11-7(5)15)8-6(14)1-4(3-13)17-8/h2,4,6,8,13-14H,1,3H2,(H,11,15,16)/t4-,6?,8+/m0/s1. The van der Waals surface area contributed by atoms with E-state index in [1.54, 1.807) is 22.6 Å². The predicted octanol–water partition coefficient (Wildman–Crippen LogP) is -1.22. The number of aliphatic hydroxyl groups is 2. The Bertz CT molecular complexity index is 525. The highest BCUT2D eigenvalue weighted by atomic mass is 127. The number of H-pyrrole nitrogens is 1. The normalized spacial score (nSPS) is 28.5.